The van der Waals surface area contributed by atoms with Crippen molar-refractivity contribution in [1.82, 2.24) is 0 Å². The summed E-state index contributed by atoms with van der Waals surface area (Å²) in [5.41, 5.74) is -0.304. The van der Waals surface area contributed by atoms with Crippen LogP contribution in [0.25, 0.3) is 0 Å². The summed E-state index contributed by atoms with van der Waals surface area (Å²) in [5, 5.41) is 8.81. The van der Waals surface area contributed by atoms with Gasteiger partial charge in [-0.2, -0.15) is 0 Å². The SMILES string of the molecule is CS(=O)(=O)Nc1cccc(Cl)c1C(=O)O. The maximum Gasteiger partial charge on any atom is 0.339 e. The first-order valence-electron chi connectivity index (χ1n) is 3.81. The molecule has 7 heteroatoms. The van der Waals surface area contributed by atoms with Crippen molar-refractivity contribution in [3.05, 3.63) is 28.8 Å². The van der Waals surface area contributed by atoms with Crippen molar-refractivity contribution < 1.29 is 18.3 Å². The predicted octanol–water partition coefficient (Wildman–Crippen LogP) is 1.41. The largest absolute Gasteiger partial charge is 0.478 e. The molecule has 0 radical (unpaired) electrons. The van der Waals surface area contributed by atoms with Gasteiger partial charge < -0.3 is 5.11 Å². The van der Waals surface area contributed by atoms with E-state index in [2.05, 4.69) is 4.72 Å². The number of halogens is 1. The highest BCUT2D eigenvalue weighted by molar-refractivity contribution is 7.92. The van der Waals surface area contributed by atoms with Crippen LogP contribution < -0.4 is 4.72 Å². The molecule has 0 bridgehead atoms. The lowest BCUT2D eigenvalue weighted by atomic mass is 10.2. The van der Waals surface area contributed by atoms with Crippen molar-refractivity contribution >= 4 is 33.3 Å². The topological polar surface area (TPSA) is 83.5 Å². The number of carboxylic acid groups (broad SMARTS) is 1. The minimum absolute atomic E-state index is 0.0175. The standard InChI is InChI=1S/C8H8ClNO4S/c1-15(13,14)10-6-4-2-3-5(9)7(6)8(11)12/h2-4,10H,1H3,(H,11,12). The number of anilines is 1. The molecule has 82 valence electrons. The Balaban J connectivity index is 3.30. The van der Waals surface area contributed by atoms with Gasteiger partial charge in [0.1, 0.15) is 5.56 Å². The Morgan fingerprint density at radius 3 is 2.53 bits per heavy atom. The molecule has 0 fully saturated rings. The van der Waals surface area contributed by atoms with Crippen LogP contribution in [0.15, 0.2) is 18.2 Å². The number of hydrogen-bond donors (Lipinski definition) is 2. The molecule has 0 amide bonds. The third-order valence-electron chi connectivity index (χ3n) is 1.52. The fourth-order valence-corrected chi connectivity index (χ4v) is 1.85. The second kappa shape index (κ2) is 4.08. The van der Waals surface area contributed by atoms with E-state index in [1.54, 1.807) is 0 Å². The van der Waals surface area contributed by atoms with Crippen molar-refractivity contribution in [2.75, 3.05) is 11.0 Å². The first-order chi connectivity index (χ1) is 6.81. The van der Waals surface area contributed by atoms with E-state index in [4.69, 9.17) is 16.7 Å². The molecule has 1 aromatic carbocycles. The van der Waals surface area contributed by atoms with Crippen LogP contribution in [0.3, 0.4) is 0 Å². The maximum absolute atomic E-state index is 10.9. The van der Waals surface area contributed by atoms with Crippen LogP contribution in [0.4, 0.5) is 5.69 Å². The first kappa shape index (κ1) is 11.8. The van der Waals surface area contributed by atoms with E-state index in [9.17, 15) is 13.2 Å². The second-order valence-corrected chi connectivity index (χ2v) is 5.00. The average molecular weight is 250 g/mol. The molecule has 0 saturated carbocycles. The Bertz CT molecular complexity index is 497. The Morgan fingerprint density at radius 1 is 1.47 bits per heavy atom. The average Bonchev–Trinajstić information content (AvgIpc) is 1.99. The molecule has 0 aliphatic rings. The van der Waals surface area contributed by atoms with Gasteiger partial charge in [-0.15, -0.1) is 0 Å². The highest BCUT2D eigenvalue weighted by Crippen LogP contribution is 2.24. The third-order valence-corrected chi connectivity index (χ3v) is 2.43. The highest BCUT2D eigenvalue weighted by Gasteiger charge is 2.16. The molecule has 0 atom stereocenters. The van der Waals surface area contributed by atoms with Gasteiger partial charge in [-0.1, -0.05) is 17.7 Å². The molecule has 0 saturated heterocycles. The normalized spacial score (nSPS) is 11.1. The number of carboxylic acids is 1. The fourth-order valence-electron chi connectivity index (χ4n) is 1.03. The van der Waals surface area contributed by atoms with Gasteiger partial charge in [0.2, 0.25) is 10.0 Å². The van der Waals surface area contributed by atoms with E-state index < -0.39 is 16.0 Å². The van der Waals surface area contributed by atoms with Crippen LogP contribution >= 0.6 is 11.6 Å². The molecule has 0 unspecified atom stereocenters. The molecule has 15 heavy (non-hydrogen) atoms. The van der Waals surface area contributed by atoms with Crippen LogP contribution in [-0.2, 0) is 10.0 Å². The summed E-state index contributed by atoms with van der Waals surface area (Å²) in [4.78, 5) is 10.8. The number of benzene rings is 1. The van der Waals surface area contributed by atoms with E-state index in [0.717, 1.165) is 6.26 Å². The zero-order valence-corrected chi connectivity index (χ0v) is 9.26. The summed E-state index contributed by atoms with van der Waals surface area (Å²) in [6, 6.07) is 4.16. The second-order valence-electron chi connectivity index (χ2n) is 2.84. The summed E-state index contributed by atoms with van der Waals surface area (Å²) in [6.45, 7) is 0. The van der Waals surface area contributed by atoms with E-state index >= 15 is 0 Å². The van der Waals surface area contributed by atoms with Crippen LogP contribution in [0, 0.1) is 0 Å². The Hall–Kier alpha value is -1.27. The molecule has 1 aromatic rings. The number of hydrogen-bond acceptors (Lipinski definition) is 3. The molecule has 0 aromatic heterocycles. The van der Waals surface area contributed by atoms with Crippen molar-refractivity contribution in [3.63, 3.8) is 0 Å². The molecule has 2 N–H and O–H groups in total. The number of aromatic carboxylic acids is 1. The Labute approximate surface area is 91.7 Å². The highest BCUT2D eigenvalue weighted by atomic mass is 35.5. The third kappa shape index (κ3) is 3.10. The van der Waals surface area contributed by atoms with Crippen LogP contribution in [0.2, 0.25) is 5.02 Å². The minimum Gasteiger partial charge on any atom is -0.478 e. The number of carbonyl (C=O) groups is 1. The van der Waals surface area contributed by atoms with E-state index in [0.29, 0.717) is 0 Å². The van der Waals surface area contributed by atoms with Gasteiger partial charge in [0.05, 0.1) is 17.0 Å². The lowest BCUT2D eigenvalue weighted by molar-refractivity contribution is 0.0698. The van der Waals surface area contributed by atoms with Crippen molar-refractivity contribution in [2.45, 2.75) is 0 Å². The maximum atomic E-state index is 10.9. The van der Waals surface area contributed by atoms with Gasteiger partial charge in [0, 0.05) is 0 Å². The molecular formula is C8H8ClNO4S. The van der Waals surface area contributed by atoms with E-state index in [1.165, 1.54) is 18.2 Å². The summed E-state index contributed by atoms with van der Waals surface area (Å²) in [6.07, 6.45) is 0.930. The van der Waals surface area contributed by atoms with Gasteiger partial charge in [0.25, 0.3) is 0 Å². The lowest BCUT2D eigenvalue weighted by Crippen LogP contribution is -2.13. The van der Waals surface area contributed by atoms with Gasteiger partial charge in [0.15, 0.2) is 0 Å². The molecule has 0 aliphatic carbocycles. The smallest absolute Gasteiger partial charge is 0.339 e. The van der Waals surface area contributed by atoms with Gasteiger partial charge in [-0.05, 0) is 12.1 Å². The number of nitrogens with one attached hydrogen (secondary N) is 1. The van der Waals surface area contributed by atoms with Gasteiger partial charge in [-0.3, -0.25) is 4.72 Å². The molecule has 5 nitrogen and oxygen atoms in total. The number of sulfonamides is 1. The molecule has 0 heterocycles. The van der Waals surface area contributed by atoms with Crippen LogP contribution in [-0.4, -0.2) is 25.7 Å². The van der Waals surface area contributed by atoms with Crippen LogP contribution in [0.1, 0.15) is 10.4 Å². The summed E-state index contributed by atoms with van der Waals surface area (Å²) >= 11 is 5.64. The molecule has 1 rings (SSSR count). The lowest BCUT2D eigenvalue weighted by Gasteiger charge is -2.08. The zero-order chi connectivity index (χ0) is 11.6. The summed E-state index contributed by atoms with van der Waals surface area (Å²) in [5.74, 6) is -1.29. The van der Waals surface area contributed by atoms with Crippen molar-refractivity contribution in [1.29, 1.82) is 0 Å². The Kier molecular flexibility index (Phi) is 3.21. The molecule has 0 aliphatic heterocycles. The molecule has 0 spiro atoms. The van der Waals surface area contributed by atoms with Crippen molar-refractivity contribution in [3.8, 4) is 0 Å². The van der Waals surface area contributed by atoms with Crippen LogP contribution in [0.5, 0.6) is 0 Å². The van der Waals surface area contributed by atoms with E-state index in [1.807, 2.05) is 0 Å². The quantitative estimate of drug-likeness (QED) is 0.848. The number of rotatable bonds is 3. The first-order valence-corrected chi connectivity index (χ1v) is 6.08. The van der Waals surface area contributed by atoms with Crippen molar-refractivity contribution in [2.24, 2.45) is 0 Å². The summed E-state index contributed by atoms with van der Waals surface area (Å²) < 4.78 is 24.0. The molecular weight excluding hydrogens is 242 g/mol. The van der Waals surface area contributed by atoms with Gasteiger partial charge in [-0.25, -0.2) is 13.2 Å². The predicted molar refractivity (Wildman–Crippen MR) is 56.9 cm³/mol. The monoisotopic (exact) mass is 249 g/mol. The van der Waals surface area contributed by atoms with Gasteiger partial charge >= 0.3 is 5.97 Å². The zero-order valence-electron chi connectivity index (χ0n) is 7.69. The minimum atomic E-state index is -3.52. The summed E-state index contributed by atoms with van der Waals surface area (Å²) in [7, 11) is -3.52. The van der Waals surface area contributed by atoms with E-state index in [-0.39, 0.29) is 16.3 Å². The Morgan fingerprint density at radius 2 is 2.07 bits per heavy atom. The fraction of sp³-hybridized carbons (Fsp3) is 0.125.